The first kappa shape index (κ1) is 18.6. The van der Waals surface area contributed by atoms with Crippen LogP contribution in [0.1, 0.15) is 5.56 Å². The number of aromatic amines is 1. The van der Waals surface area contributed by atoms with Crippen LogP contribution in [0.3, 0.4) is 0 Å². The minimum absolute atomic E-state index is 0.00653. The van der Waals surface area contributed by atoms with E-state index in [0.29, 0.717) is 11.3 Å². The highest BCUT2D eigenvalue weighted by atomic mass is 32.2. The van der Waals surface area contributed by atoms with Crippen LogP contribution >= 0.6 is 11.3 Å². The number of aliphatic hydroxyl groups is 1. The van der Waals surface area contributed by atoms with Crippen molar-refractivity contribution in [3.05, 3.63) is 47.5 Å². The van der Waals surface area contributed by atoms with E-state index in [4.69, 9.17) is 5.11 Å². The molecule has 8 nitrogen and oxygen atoms in total. The van der Waals surface area contributed by atoms with Crippen molar-refractivity contribution < 1.29 is 18.6 Å². The summed E-state index contributed by atoms with van der Waals surface area (Å²) in [5, 5.41) is 19.9. The molecule has 2 aromatic carbocycles. The van der Waals surface area contributed by atoms with E-state index in [1.54, 1.807) is 23.9 Å². The summed E-state index contributed by atoms with van der Waals surface area (Å²) in [6, 6.07) is 9.74. The lowest BCUT2D eigenvalue weighted by Crippen LogP contribution is -2.26. The Labute approximate surface area is 164 Å². The van der Waals surface area contributed by atoms with Gasteiger partial charge in [-0.05, 0) is 36.4 Å². The Hall–Kier alpha value is -2.79. The number of sulfonamides is 1. The number of benzene rings is 2. The second-order valence-electron chi connectivity index (χ2n) is 5.95. The molecule has 144 valence electrons. The molecule has 2 heterocycles. The fourth-order valence-electron chi connectivity index (χ4n) is 2.85. The number of nitrogens with one attached hydrogen (secondary N) is 2. The molecule has 0 atom stereocenters. The first-order chi connectivity index (χ1) is 13.5. The van der Waals surface area contributed by atoms with E-state index in [1.807, 2.05) is 12.1 Å². The quantitative estimate of drug-likeness (QED) is 0.359. The zero-order valence-electron chi connectivity index (χ0n) is 14.5. The number of aromatic hydroxyl groups is 1. The van der Waals surface area contributed by atoms with Gasteiger partial charge >= 0.3 is 0 Å². The van der Waals surface area contributed by atoms with E-state index in [0.717, 1.165) is 21.1 Å². The standard InChI is InChI=1S/C18H16N4O4S2/c23-8-7-21-28(25,26)12-3-1-11(2-4-12)19-9-13-16-14(22-18(13)24)5-6-15-17(16)27-10-20-15/h1-6,9-10,21-24H,7-8H2. The van der Waals surface area contributed by atoms with E-state index in [-0.39, 0.29) is 23.9 Å². The molecule has 0 aliphatic rings. The van der Waals surface area contributed by atoms with Crippen molar-refractivity contribution in [3.8, 4) is 5.88 Å². The van der Waals surface area contributed by atoms with Crippen LogP contribution in [0.25, 0.3) is 21.1 Å². The van der Waals surface area contributed by atoms with Gasteiger partial charge in [-0.1, -0.05) is 0 Å². The molecule has 0 radical (unpaired) electrons. The fourth-order valence-corrected chi connectivity index (χ4v) is 4.72. The molecule has 0 aliphatic carbocycles. The summed E-state index contributed by atoms with van der Waals surface area (Å²) < 4.78 is 27.3. The molecular weight excluding hydrogens is 400 g/mol. The van der Waals surface area contributed by atoms with Gasteiger partial charge in [0.2, 0.25) is 10.0 Å². The van der Waals surface area contributed by atoms with Gasteiger partial charge in [-0.3, -0.25) is 4.99 Å². The number of hydrogen-bond acceptors (Lipinski definition) is 7. The van der Waals surface area contributed by atoms with Crippen LogP contribution < -0.4 is 4.72 Å². The summed E-state index contributed by atoms with van der Waals surface area (Å²) >= 11 is 1.48. The highest BCUT2D eigenvalue weighted by Gasteiger charge is 2.14. The zero-order chi connectivity index (χ0) is 19.7. The Kier molecular flexibility index (Phi) is 4.85. The molecule has 0 unspecified atom stereocenters. The van der Waals surface area contributed by atoms with Crippen molar-refractivity contribution in [2.45, 2.75) is 4.90 Å². The molecule has 0 spiro atoms. The summed E-state index contributed by atoms with van der Waals surface area (Å²) in [6.07, 6.45) is 1.54. The summed E-state index contributed by atoms with van der Waals surface area (Å²) in [5.74, 6) is 0.00653. The minimum atomic E-state index is -3.66. The molecule has 0 aliphatic heterocycles. The van der Waals surface area contributed by atoms with E-state index in [9.17, 15) is 13.5 Å². The first-order valence-electron chi connectivity index (χ1n) is 8.31. The van der Waals surface area contributed by atoms with Gasteiger partial charge in [-0.15, -0.1) is 11.3 Å². The fraction of sp³-hybridized carbons (Fsp3) is 0.111. The Morgan fingerprint density at radius 1 is 1.21 bits per heavy atom. The molecule has 10 heteroatoms. The maximum Gasteiger partial charge on any atom is 0.240 e. The van der Waals surface area contributed by atoms with Crippen LogP contribution in [0, 0.1) is 0 Å². The van der Waals surface area contributed by atoms with E-state index < -0.39 is 10.0 Å². The number of rotatable bonds is 6. The number of hydrogen-bond donors (Lipinski definition) is 4. The summed E-state index contributed by atoms with van der Waals surface area (Å²) in [4.78, 5) is 11.7. The number of aliphatic hydroxyl groups excluding tert-OH is 1. The molecule has 0 saturated carbocycles. The molecular formula is C18H16N4O4S2. The molecule has 0 bridgehead atoms. The number of aromatic nitrogens is 2. The predicted molar refractivity (Wildman–Crippen MR) is 109 cm³/mol. The van der Waals surface area contributed by atoms with Crippen LogP contribution in [0.5, 0.6) is 5.88 Å². The average Bonchev–Trinajstić information content (AvgIpc) is 3.28. The number of fused-ring (bicyclic) bond motifs is 3. The van der Waals surface area contributed by atoms with Crippen molar-refractivity contribution >= 4 is 54.4 Å². The molecule has 4 rings (SSSR count). The van der Waals surface area contributed by atoms with Crippen molar-refractivity contribution in [3.63, 3.8) is 0 Å². The van der Waals surface area contributed by atoms with Gasteiger partial charge in [0.15, 0.2) is 5.88 Å². The van der Waals surface area contributed by atoms with Gasteiger partial charge in [0, 0.05) is 18.1 Å². The average molecular weight is 416 g/mol. The van der Waals surface area contributed by atoms with E-state index in [2.05, 4.69) is 19.7 Å². The molecule has 28 heavy (non-hydrogen) atoms. The monoisotopic (exact) mass is 416 g/mol. The first-order valence-corrected chi connectivity index (χ1v) is 10.7. The van der Waals surface area contributed by atoms with Gasteiger partial charge in [0.25, 0.3) is 0 Å². The van der Waals surface area contributed by atoms with Gasteiger partial charge in [-0.2, -0.15) is 0 Å². The van der Waals surface area contributed by atoms with Crippen LogP contribution in [0.15, 0.2) is 51.8 Å². The van der Waals surface area contributed by atoms with Crippen molar-refractivity contribution in [2.75, 3.05) is 13.2 Å². The minimum Gasteiger partial charge on any atom is -0.494 e. The maximum absolute atomic E-state index is 12.0. The maximum atomic E-state index is 12.0. The normalized spacial score (nSPS) is 12.5. The van der Waals surface area contributed by atoms with Crippen LogP contribution in [-0.4, -0.2) is 48.0 Å². The molecule has 0 amide bonds. The lowest BCUT2D eigenvalue weighted by molar-refractivity contribution is 0.301. The van der Waals surface area contributed by atoms with Crippen LogP contribution in [0.4, 0.5) is 5.69 Å². The van der Waals surface area contributed by atoms with E-state index >= 15 is 0 Å². The third-order valence-electron chi connectivity index (χ3n) is 4.17. The highest BCUT2D eigenvalue weighted by molar-refractivity contribution is 7.89. The van der Waals surface area contributed by atoms with Crippen LogP contribution in [0.2, 0.25) is 0 Å². The van der Waals surface area contributed by atoms with Crippen LogP contribution in [-0.2, 0) is 10.0 Å². The second kappa shape index (κ2) is 7.32. The van der Waals surface area contributed by atoms with Gasteiger partial charge < -0.3 is 15.2 Å². The molecule has 4 aromatic rings. The third kappa shape index (κ3) is 3.38. The van der Waals surface area contributed by atoms with Gasteiger partial charge in [-0.25, -0.2) is 18.1 Å². The van der Waals surface area contributed by atoms with Crippen molar-refractivity contribution in [1.29, 1.82) is 0 Å². The van der Waals surface area contributed by atoms with Gasteiger partial charge in [0.1, 0.15) is 0 Å². The highest BCUT2D eigenvalue weighted by Crippen LogP contribution is 2.34. The third-order valence-corrected chi connectivity index (χ3v) is 6.51. The summed E-state index contributed by atoms with van der Waals surface area (Å²) in [6.45, 7) is -0.323. The molecule has 2 aromatic heterocycles. The second-order valence-corrected chi connectivity index (χ2v) is 8.57. The Bertz CT molecular complexity index is 1270. The summed E-state index contributed by atoms with van der Waals surface area (Å²) in [7, 11) is -3.66. The number of nitrogens with zero attached hydrogens (tertiary/aromatic N) is 2. The summed E-state index contributed by atoms with van der Waals surface area (Å²) in [5.41, 5.74) is 4.46. The van der Waals surface area contributed by atoms with E-state index in [1.165, 1.54) is 23.5 Å². The van der Waals surface area contributed by atoms with Crippen molar-refractivity contribution in [2.24, 2.45) is 4.99 Å². The van der Waals surface area contributed by atoms with Crippen molar-refractivity contribution in [1.82, 2.24) is 14.7 Å². The lowest BCUT2D eigenvalue weighted by Gasteiger charge is -2.05. The largest absolute Gasteiger partial charge is 0.494 e. The van der Waals surface area contributed by atoms with Gasteiger partial charge in [0.05, 0.1) is 44.0 Å². The smallest absolute Gasteiger partial charge is 0.240 e. The zero-order valence-corrected chi connectivity index (χ0v) is 16.1. The number of H-pyrrole nitrogens is 1. The molecule has 4 N–H and O–H groups in total. The Morgan fingerprint density at radius 3 is 2.75 bits per heavy atom. The Morgan fingerprint density at radius 2 is 2.00 bits per heavy atom. The lowest BCUT2D eigenvalue weighted by atomic mass is 10.1. The Balaban J connectivity index is 1.66. The SMILES string of the molecule is O=S(=O)(NCCO)c1ccc(N=Cc2c(O)[nH]c3ccc4ncsc4c23)cc1. The number of thiazole rings is 1. The molecule has 0 fully saturated rings. The number of aliphatic imine (C=N–C) groups is 1. The topological polar surface area (TPSA) is 128 Å². The molecule has 0 saturated heterocycles. The predicted octanol–water partition coefficient (Wildman–Crippen LogP) is 2.50.